The van der Waals surface area contributed by atoms with Gasteiger partial charge in [-0.1, -0.05) is 90.6 Å². The second-order valence-corrected chi connectivity index (χ2v) is 7.17. The number of hydrogen-bond donors (Lipinski definition) is 1. The van der Waals surface area contributed by atoms with Gasteiger partial charge in [-0.05, 0) is 30.8 Å². The van der Waals surface area contributed by atoms with Crippen molar-refractivity contribution in [2.24, 2.45) is 11.8 Å². The highest BCUT2D eigenvalue weighted by molar-refractivity contribution is 5.05. The Morgan fingerprint density at radius 2 is 1.41 bits per heavy atom. The molecule has 0 aliphatic carbocycles. The molecule has 2 atom stereocenters. The lowest BCUT2D eigenvalue weighted by atomic mass is 9.95. The number of aliphatic hydroxyl groups is 1. The minimum atomic E-state index is -0.706. The van der Waals surface area contributed by atoms with Gasteiger partial charge >= 0.3 is 0 Å². The van der Waals surface area contributed by atoms with Gasteiger partial charge in [-0.2, -0.15) is 0 Å². The van der Waals surface area contributed by atoms with Crippen LogP contribution in [0.4, 0.5) is 0 Å². The summed E-state index contributed by atoms with van der Waals surface area (Å²) in [7, 11) is 0. The van der Waals surface area contributed by atoms with Crippen molar-refractivity contribution in [1.82, 2.24) is 0 Å². The molecule has 0 amide bonds. The van der Waals surface area contributed by atoms with Crippen LogP contribution in [0, 0.1) is 24.2 Å². The summed E-state index contributed by atoms with van der Waals surface area (Å²) in [6.07, 6.45) is 22.7. The molecule has 0 bridgehead atoms. The predicted molar refractivity (Wildman–Crippen MR) is 98.8 cm³/mol. The van der Waals surface area contributed by atoms with E-state index in [1.165, 1.54) is 64.2 Å². The molecule has 0 saturated heterocycles. The first kappa shape index (κ1) is 21.3. The number of terminal acetylenes is 1. The number of allylic oxidation sites excluding steroid dienone is 1. The van der Waals surface area contributed by atoms with Gasteiger partial charge < -0.3 is 5.11 Å². The molecule has 22 heavy (non-hydrogen) atoms. The van der Waals surface area contributed by atoms with Gasteiger partial charge in [0.25, 0.3) is 0 Å². The fourth-order valence-electron chi connectivity index (χ4n) is 2.76. The quantitative estimate of drug-likeness (QED) is 0.233. The van der Waals surface area contributed by atoms with Gasteiger partial charge in [0.05, 0.1) is 0 Å². The third-order valence-electron chi connectivity index (χ3n) is 4.29. The molecule has 0 spiro atoms. The van der Waals surface area contributed by atoms with Crippen LogP contribution in [0.25, 0.3) is 0 Å². The van der Waals surface area contributed by atoms with Gasteiger partial charge in [0.15, 0.2) is 0 Å². The maximum absolute atomic E-state index is 9.16. The molecule has 0 radical (unpaired) electrons. The zero-order valence-corrected chi connectivity index (χ0v) is 15.2. The largest absolute Gasteiger partial charge is 0.377 e. The van der Waals surface area contributed by atoms with E-state index < -0.39 is 6.10 Å². The Morgan fingerprint density at radius 1 is 0.864 bits per heavy atom. The summed E-state index contributed by atoms with van der Waals surface area (Å²) in [4.78, 5) is 0. The van der Waals surface area contributed by atoms with Crippen LogP contribution in [0.3, 0.4) is 0 Å². The molecular weight excluding hydrogens is 268 g/mol. The van der Waals surface area contributed by atoms with E-state index in [4.69, 9.17) is 11.5 Å². The van der Waals surface area contributed by atoms with Gasteiger partial charge in [-0.25, -0.2) is 0 Å². The predicted octanol–water partition coefficient (Wildman–Crippen LogP) is 6.12. The van der Waals surface area contributed by atoms with Gasteiger partial charge in [0.1, 0.15) is 6.10 Å². The Labute approximate surface area is 139 Å². The Balaban J connectivity index is 3.28. The van der Waals surface area contributed by atoms with Crippen LogP contribution >= 0.6 is 0 Å². The third-order valence-corrected chi connectivity index (χ3v) is 4.29. The van der Waals surface area contributed by atoms with Crippen molar-refractivity contribution in [3.63, 3.8) is 0 Å². The van der Waals surface area contributed by atoms with Crippen LogP contribution in [0.5, 0.6) is 0 Å². The van der Waals surface area contributed by atoms with E-state index >= 15 is 0 Å². The summed E-state index contributed by atoms with van der Waals surface area (Å²) in [5.41, 5.74) is 0. The van der Waals surface area contributed by atoms with Crippen LogP contribution in [-0.4, -0.2) is 11.2 Å². The summed E-state index contributed by atoms with van der Waals surface area (Å²) < 4.78 is 0. The van der Waals surface area contributed by atoms with E-state index in [0.717, 1.165) is 18.3 Å². The Hall–Kier alpha value is -0.740. The lowest BCUT2D eigenvalue weighted by molar-refractivity contribution is 0.280. The third kappa shape index (κ3) is 15.6. The molecule has 0 fully saturated rings. The smallest absolute Gasteiger partial charge is 0.133 e. The highest BCUT2D eigenvalue weighted by atomic mass is 16.3. The van der Waals surface area contributed by atoms with Gasteiger partial charge in [0, 0.05) is 0 Å². The minimum absolute atomic E-state index is 0.706. The zero-order valence-electron chi connectivity index (χ0n) is 15.2. The molecule has 0 aromatic carbocycles. The topological polar surface area (TPSA) is 20.2 Å². The molecular formula is C21H38O. The molecule has 0 aromatic rings. The number of rotatable bonds is 14. The van der Waals surface area contributed by atoms with Crippen LogP contribution in [-0.2, 0) is 0 Å². The standard InChI is InChI=1S/C21H38O/c1-5-21(22)18-12-10-8-6-7-9-11-16-20(4)17-14-13-15-19(2)3/h1,12,18-22H,6-11,13-17H2,2-4H3/b18-12+/t20?,21-/m0/s1. The van der Waals surface area contributed by atoms with E-state index in [1.807, 2.05) is 6.08 Å². The Bertz CT molecular complexity index is 298. The Morgan fingerprint density at radius 3 is 2.05 bits per heavy atom. The fourth-order valence-corrected chi connectivity index (χ4v) is 2.76. The average molecular weight is 307 g/mol. The van der Waals surface area contributed by atoms with Crippen LogP contribution in [0.1, 0.15) is 91.4 Å². The molecule has 0 saturated carbocycles. The summed E-state index contributed by atoms with van der Waals surface area (Å²) in [6.45, 7) is 7.05. The molecule has 1 unspecified atom stereocenters. The normalized spacial score (nSPS) is 14.4. The second-order valence-electron chi connectivity index (χ2n) is 7.17. The van der Waals surface area contributed by atoms with Crippen molar-refractivity contribution in [3.05, 3.63) is 12.2 Å². The zero-order chi connectivity index (χ0) is 16.6. The first-order chi connectivity index (χ1) is 10.6. The SMILES string of the molecule is C#C[C@H](O)/C=C/CCCCCCCC(C)CCCCC(C)C. The lowest BCUT2D eigenvalue weighted by Gasteiger charge is -2.11. The number of hydrogen-bond acceptors (Lipinski definition) is 1. The summed E-state index contributed by atoms with van der Waals surface area (Å²) in [5, 5.41) is 9.16. The van der Waals surface area contributed by atoms with Crippen molar-refractivity contribution < 1.29 is 5.11 Å². The molecule has 0 aromatic heterocycles. The van der Waals surface area contributed by atoms with Crippen molar-refractivity contribution in [1.29, 1.82) is 0 Å². The molecule has 0 aliphatic heterocycles. The maximum Gasteiger partial charge on any atom is 0.133 e. The van der Waals surface area contributed by atoms with Crippen LogP contribution in [0.15, 0.2) is 12.2 Å². The molecule has 128 valence electrons. The summed E-state index contributed by atoms with van der Waals surface area (Å²) >= 11 is 0. The van der Waals surface area contributed by atoms with Crippen molar-refractivity contribution in [3.8, 4) is 12.3 Å². The second kappa shape index (κ2) is 15.2. The van der Waals surface area contributed by atoms with E-state index in [2.05, 4.69) is 26.7 Å². The Kier molecular flexibility index (Phi) is 14.7. The van der Waals surface area contributed by atoms with Crippen molar-refractivity contribution in [2.75, 3.05) is 0 Å². The van der Waals surface area contributed by atoms with Crippen molar-refractivity contribution in [2.45, 2.75) is 97.5 Å². The highest BCUT2D eigenvalue weighted by Gasteiger charge is 2.02. The molecule has 1 heteroatoms. The maximum atomic E-state index is 9.16. The van der Waals surface area contributed by atoms with Crippen LogP contribution in [0.2, 0.25) is 0 Å². The van der Waals surface area contributed by atoms with E-state index in [9.17, 15) is 0 Å². The molecule has 0 rings (SSSR count). The van der Waals surface area contributed by atoms with Gasteiger partial charge in [0.2, 0.25) is 0 Å². The molecule has 1 nitrogen and oxygen atoms in total. The first-order valence-electron chi connectivity index (χ1n) is 9.37. The van der Waals surface area contributed by atoms with Crippen molar-refractivity contribution >= 4 is 0 Å². The molecule has 1 N–H and O–H groups in total. The summed E-state index contributed by atoms with van der Waals surface area (Å²) in [5.74, 6) is 4.05. The minimum Gasteiger partial charge on any atom is -0.377 e. The fraction of sp³-hybridized carbons (Fsp3) is 0.810. The molecule has 0 aliphatic rings. The van der Waals surface area contributed by atoms with E-state index in [0.29, 0.717) is 0 Å². The number of aliphatic hydroxyl groups excluding tert-OH is 1. The van der Waals surface area contributed by atoms with Gasteiger partial charge in [-0.3, -0.25) is 0 Å². The summed E-state index contributed by atoms with van der Waals surface area (Å²) in [6, 6.07) is 0. The highest BCUT2D eigenvalue weighted by Crippen LogP contribution is 2.18. The van der Waals surface area contributed by atoms with E-state index in [-0.39, 0.29) is 0 Å². The average Bonchev–Trinajstić information content (AvgIpc) is 2.49. The van der Waals surface area contributed by atoms with Gasteiger partial charge in [-0.15, -0.1) is 6.42 Å². The first-order valence-corrected chi connectivity index (χ1v) is 9.37. The van der Waals surface area contributed by atoms with Crippen LogP contribution < -0.4 is 0 Å². The number of unbranched alkanes of at least 4 members (excludes halogenated alkanes) is 6. The monoisotopic (exact) mass is 306 g/mol. The van der Waals surface area contributed by atoms with E-state index in [1.54, 1.807) is 6.08 Å². The lowest BCUT2D eigenvalue weighted by Crippen LogP contribution is -1.96. The molecule has 0 heterocycles.